The number of carbonyl (C=O) groups excluding carboxylic acids is 1. The summed E-state index contributed by atoms with van der Waals surface area (Å²) in [5.41, 5.74) is 2.95. The molecular weight excluding hydrogens is 441 g/mol. The highest BCUT2D eigenvalue weighted by Crippen LogP contribution is 2.47. The van der Waals surface area contributed by atoms with E-state index in [0.717, 1.165) is 16.7 Å². The maximum atomic E-state index is 12.5. The van der Waals surface area contributed by atoms with E-state index in [2.05, 4.69) is 10.3 Å². The number of fused-ring (bicyclic) bond motifs is 1. The van der Waals surface area contributed by atoms with Crippen molar-refractivity contribution in [2.75, 3.05) is 5.88 Å². The molecule has 6 nitrogen and oxygen atoms in total. The van der Waals surface area contributed by atoms with E-state index in [-0.39, 0.29) is 23.2 Å². The van der Waals surface area contributed by atoms with E-state index in [1.165, 1.54) is 11.8 Å². The minimum atomic E-state index is -0.540. The van der Waals surface area contributed by atoms with Gasteiger partial charge in [0.1, 0.15) is 22.8 Å². The number of benzene rings is 2. The number of tetrazole rings is 1. The lowest BCUT2D eigenvalue weighted by atomic mass is 9.99. The Bertz CT molecular complexity index is 1050. The first kappa shape index (κ1) is 19.6. The maximum Gasteiger partial charge on any atom is 0.245 e. The summed E-state index contributed by atoms with van der Waals surface area (Å²) in [4.78, 5) is 15.8. The van der Waals surface area contributed by atoms with Crippen LogP contribution in [0.3, 0.4) is 0 Å². The highest BCUT2D eigenvalue weighted by Gasteiger charge is 2.53. The Balaban J connectivity index is 1.55. The lowest BCUT2D eigenvalue weighted by Gasteiger charge is -2.49. The number of hydrogen-bond donors (Lipinski definition) is 0. The lowest BCUT2D eigenvalue weighted by molar-refractivity contribution is -0.143. The summed E-state index contributed by atoms with van der Waals surface area (Å²) in [7, 11) is 0. The average molecular weight is 458 g/mol. The Kier molecular flexibility index (Phi) is 5.26. The zero-order valence-corrected chi connectivity index (χ0v) is 18.0. The Hall–Kier alpha value is -2.35. The van der Waals surface area contributed by atoms with Crippen LogP contribution in [0.1, 0.15) is 29.0 Å². The van der Waals surface area contributed by atoms with Crippen LogP contribution >= 0.6 is 35.0 Å². The van der Waals surface area contributed by atoms with E-state index in [4.69, 9.17) is 28.3 Å². The molecule has 2 aliphatic rings. The molecule has 1 amide bonds. The summed E-state index contributed by atoms with van der Waals surface area (Å²) in [6.07, 6.45) is 0. The number of nitrogens with zero attached hydrogens (tertiary/aromatic N) is 5. The van der Waals surface area contributed by atoms with Gasteiger partial charge in [-0.15, -0.1) is 45.2 Å². The van der Waals surface area contributed by atoms with Crippen LogP contribution in [-0.2, 0) is 4.79 Å². The van der Waals surface area contributed by atoms with Crippen LogP contribution in [0.2, 0.25) is 0 Å². The molecule has 0 bridgehead atoms. The number of rotatable bonds is 5. The second-order valence-electron chi connectivity index (χ2n) is 7.09. The summed E-state index contributed by atoms with van der Waals surface area (Å²) in [6, 6.07) is 19.4. The molecule has 1 saturated heterocycles. The van der Waals surface area contributed by atoms with Crippen LogP contribution in [0, 0.1) is 0 Å². The molecule has 3 atom stereocenters. The van der Waals surface area contributed by atoms with Gasteiger partial charge in [0.2, 0.25) is 11.7 Å². The predicted octanol–water partition coefficient (Wildman–Crippen LogP) is 4.00. The van der Waals surface area contributed by atoms with Crippen molar-refractivity contribution in [1.82, 2.24) is 25.1 Å². The first-order chi connectivity index (χ1) is 14.7. The number of aromatic nitrogens is 4. The zero-order chi connectivity index (χ0) is 20.7. The molecule has 0 spiro atoms. The van der Waals surface area contributed by atoms with Crippen molar-refractivity contribution in [2.24, 2.45) is 0 Å². The topological polar surface area (TPSA) is 63.9 Å². The van der Waals surface area contributed by atoms with E-state index in [1.54, 1.807) is 9.70 Å². The molecule has 2 aromatic carbocycles. The highest BCUT2D eigenvalue weighted by atomic mass is 35.5. The van der Waals surface area contributed by atoms with Crippen LogP contribution in [0.25, 0.3) is 0 Å². The number of hydrogen-bond acceptors (Lipinski definition) is 5. The molecule has 152 valence electrons. The zero-order valence-electron chi connectivity index (χ0n) is 15.7. The highest BCUT2D eigenvalue weighted by molar-refractivity contribution is 8.03. The van der Waals surface area contributed by atoms with Gasteiger partial charge < -0.3 is 4.90 Å². The summed E-state index contributed by atoms with van der Waals surface area (Å²) in [6.45, 7) is 0. The molecule has 9 heteroatoms. The van der Waals surface area contributed by atoms with Crippen molar-refractivity contribution in [3.63, 3.8) is 0 Å². The molecule has 1 unspecified atom stereocenters. The van der Waals surface area contributed by atoms with Crippen molar-refractivity contribution in [3.8, 4) is 0 Å². The standard InChI is InChI=1S/C21H17Cl2N5OS/c22-11-15-12-30-21-16(23)20(29)27(21)18(15)19-24-26-28(25-19)17(13-7-3-1-4-8-13)14-9-5-2-6-10-14/h1-10,12,16-18,21H,11H2/t16?,18-,21-/m1/s1. The van der Waals surface area contributed by atoms with Gasteiger partial charge in [-0.3, -0.25) is 4.79 Å². The third-order valence-electron chi connectivity index (χ3n) is 5.31. The van der Waals surface area contributed by atoms with Crippen LogP contribution in [0.4, 0.5) is 0 Å². The third kappa shape index (κ3) is 3.21. The van der Waals surface area contributed by atoms with Gasteiger partial charge >= 0.3 is 0 Å². The van der Waals surface area contributed by atoms with E-state index >= 15 is 0 Å². The van der Waals surface area contributed by atoms with E-state index in [0.29, 0.717) is 5.82 Å². The van der Waals surface area contributed by atoms with Gasteiger partial charge in [-0.05, 0) is 27.3 Å². The van der Waals surface area contributed by atoms with E-state index < -0.39 is 11.4 Å². The summed E-state index contributed by atoms with van der Waals surface area (Å²) in [5, 5.41) is 14.7. The largest absolute Gasteiger partial charge is 0.313 e. The lowest BCUT2D eigenvalue weighted by Crippen LogP contribution is -2.63. The molecule has 3 heterocycles. The maximum absolute atomic E-state index is 12.5. The second kappa shape index (κ2) is 8.06. The Morgan fingerprint density at radius 1 is 1.03 bits per heavy atom. The molecule has 0 aliphatic carbocycles. The van der Waals surface area contributed by atoms with Crippen molar-refractivity contribution < 1.29 is 4.79 Å². The summed E-state index contributed by atoms with van der Waals surface area (Å²) in [5.74, 6) is 0.589. The fourth-order valence-electron chi connectivity index (χ4n) is 3.84. The number of alkyl halides is 2. The quantitative estimate of drug-likeness (QED) is 0.427. The van der Waals surface area contributed by atoms with Gasteiger partial charge in [-0.25, -0.2) is 0 Å². The Labute approximate surface area is 187 Å². The van der Waals surface area contributed by atoms with Crippen molar-refractivity contribution in [2.45, 2.75) is 22.8 Å². The molecule has 1 fully saturated rings. The molecule has 3 aromatic rings. The number of halogens is 2. The number of β-lactam (4-membered cyclic amide) rings is 1. The molecule has 30 heavy (non-hydrogen) atoms. The van der Waals surface area contributed by atoms with Crippen LogP contribution in [0.5, 0.6) is 0 Å². The fourth-order valence-corrected chi connectivity index (χ4v) is 5.70. The first-order valence-corrected chi connectivity index (χ1v) is 11.4. The molecule has 0 saturated carbocycles. The van der Waals surface area contributed by atoms with Gasteiger partial charge in [0.15, 0.2) is 0 Å². The van der Waals surface area contributed by atoms with Crippen LogP contribution in [0.15, 0.2) is 71.6 Å². The Morgan fingerprint density at radius 2 is 1.67 bits per heavy atom. The monoisotopic (exact) mass is 457 g/mol. The molecular formula is C21H17Cl2N5OS. The Morgan fingerprint density at radius 3 is 2.27 bits per heavy atom. The van der Waals surface area contributed by atoms with Gasteiger partial charge in [0, 0.05) is 5.88 Å². The average Bonchev–Trinajstić information content (AvgIpc) is 3.28. The molecule has 5 rings (SSSR count). The summed E-state index contributed by atoms with van der Waals surface area (Å²) < 4.78 is 0. The number of carbonyl (C=O) groups is 1. The number of amides is 1. The van der Waals surface area contributed by atoms with Crippen molar-refractivity contribution in [1.29, 1.82) is 0 Å². The van der Waals surface area contributed by atoms with E-state index in [1.807, 2.05) is 66.1 Å². The molecule has 0 N–H and O–H groups in total. The van der Waals surface area contributed by atoms with Crippen LogP contribution in [-0.4, -0.2) is 47.6 Å². The molecule has 2 aliphatic heterocycles. The van der Waals surface area contributed by atoms with Gasteiger partial charge in [-0.2, -0.15) is 4.80 Å². The van der Waals surface area contributed by atoms with Gasteiger partial charge in [0.25, 0.3) is 0 Å². The second-order valence-corrected chi connectivity index (χ2v) is 8.82. The fraction of sp³-hybridized carbons (Fsp3) is 0.238. The predicted molar refractivity (Wildman–Crippen MR) is 117 cm³/mol. The smallest absolute Gasteiger partial charge is 0.245 e. The minimum absolute atomic E-state index is 0.131. The first-order valence-electron chi connectivity index (χ1n) is 9.45. The number of thioether (sulfide) groups is 1. The van der Waals surface area contributed by atoms with Crippen molar-refractivity contribution in [3.05, 3.63) is 88.6 Å². The third-order valence-corrected chi connectivity index (χ3v) is 7.41. The molecule has 0 radical (unpaired) electrons. The van der Waals surface area contributed by atoms with Crippen molar-refractivity contribution >= 4 is 40.9 Å². The summed E-state index contributed by atoms with van der Waals surface area (Å²) >= 11 is 13.9. The van der Waals surface area contributed by atoms with Gasteiger partial charge in [0.05, 0.1) is 0 Å². The minimum Gasteiger partial charge on any atom is -0.313 e. The van der Waals surface area contributed by atoms with Crippen LogP contribution < -0.4 is 0 Å². The van der Waals surface area contributed by atoms with Gasteiger partial charge in [-0.1, -0.05) is 60.7 Å². The molecule has 1 aromatic heterocycles. The normalized spacial score (nSPS) is 23.2. The van der Waals surface area contributed by atoms with E-state index in [9.17, 15) is 4.79 Å². The SMILES string of the molecule is O=C1C(Cl)[C@H]2SC=C(CCl)[C@H](c3nnn(C(c4ccccc4)c4ccccc4)n3)N12.